The monoisotopic (exact) mass is 364 g/mol. The van der Waals surface area contributed by atoms with Crippen LogP contribution in [0.3, 0.4) is 0 Å². The fraction of sp³-hybridized carbons (Fsp3) is 0.278. The minimum absolute atomic E-state index is 0.229. The first-order chi connectivity index (χ1) is 11.6. The van der Waals surface area contributed by atoms with E-state index < -0.39 is 27.8 Å². The Kier molecular flexibility index (Phi) is 5.47. The van der Waals surface area contributed by atoms with Crippen LogP contribution in [0.25, 0.3) is 0 Å². The molecule has 0 spiro atoms. The van der Waals surface area contributed by atoms with Crippen LogP contribution in [0.15, 0.2) is 42.5 Å². The standard InChI is InChI=1S/C18H21FN2O3S/c1-12-9-13(2)11-16(10-12)20-18(22)14(3)21(25(4,23)24)17-7-5-15(19)6-8-17/h5-11,14H,1-4H3,(H,20,22)/t14-/m1/s1. The molecule has 2 aromatic carbocycles. The average Bonchev–Trinajstić information content (AvgIpc) is 2.47. The molecular formula is C18H21FN2O3S. The first-order valence-corrected chi connectivity index (χ1v) is 9.57. The van der Waals surface area contributed by atoms with Gasteiger partial charge in [0.25, 0.3) is 0 Å². The van der Waals surface area contributed by atoms with E-state index in [1.807, 2.05) is 19.9 Å². The first kappa shape index (κ1) is 18.9. The molecule has 2 rings (SSSR count). The van der Waals surface area contributed by atoms with E-state index in [1.54, 1.807) is 12.1 Å². The molecule has 25 heavy (non-hydrogen) atoms. The second-order valence-corrected chi connectivity index (χ2v) is 7.94. The summed E-state index contributed by atoms with van der Waals surface area (Å²) in [4.78, 5) is 12.6. The van der Waals surface area contributed by atoms with Gasteiger partial charge in [0.1, 0.15) is 11.9 Å². The minimum Gasteiger partial charge on any atom is -0.324 e. The molecule has 0 saturated heterocycles. The van der Waals surface area contributed by atoms with E-state index >= 15 is 0 Å². The summed E-state index contributed by atoms with van der Waals surface area (Å²) >= 11 is 0. The summed E-state index contributed by atoms with van der Waals surface area (Å²) in [5.74, 6) is -0.954. The smallest absolute Gasteiger partial charge is 0.247 e. The molecule has 0 aliphatic carbocycles. The Balaban J connectivity index is 2.31. The lowest BCUT2D eigenvalue weighted by Crippen LogP contribution is -2.45. The zero-order chi connectivity index (χ0) is 18.8. The van der Waals surface area contributed by atoms with Gasteiger partial charge in [-0.15, -0.1) is 0 Å². The molecule has 1 N–H and O–H groups in total. The molecule has 0 aromatic heterocycles. The number of nitrogens with one attached hydrogen (secondary N) is 1. The Hall–Kier alpha value is -2.41. The molecule has 7 heteroatoms. The van der Waals surface area contributed by atoms with Gasteiger partial charge in [0, 0.05) is 5.69 Å². The van der Waals surface area contributed by atoms with E-state index in [-0.39, 0.29) is 5.69 Å². The number of nitrogens with zero attached hydrogens (tertiary/aromatic N) is 1. The molecule has 0 aliphatic rings. The summed E-state index contributed by atoms with van der Waals surface area (Å²) in [6, 6.07) is 9.56. The molecule has 2 aromatic rings. The molecule has 0 unspecified atom stereocenters. The van der Waals surface area contributed by atoms with E-state index in [0.717, 1.165) is 33.8 Å². The number of carbonyl (C=O) groups is 1. The van der Waals surface area contributed by atoms with E-state index in [4.69, 9.17) is 0 Å². The van der Waals surface area contributed by atoms with Crippen LogP contribution in [0.1, 0.15) is 18.1 Å². The lowest BCUT2D eigenvalue weighted by molar-refractivity contribution is -0.116. The lowest BCUT2D eigenvalue weighted by Gasteiger charge is -2.28. The second-order valence-electron chi connectivity index (χ2n) is 6.08. The van der Waals surface area contributed by atoms with Gasteiger partial charge in [-0.3, -0.25) is 9.10 Å². The number of amides is 1. The van der Waals surface area contributed by atoms with E-state index in [2.05, 4.69) is 5.32 Å². The van der Waals surface area contributed by atoms with Gasteiger partial charge < -0.3 is 5.32 Å². The summed E-state index contributed by atoms with van der Waals surface area (Å²) in [5, 5.41) is 2.74. The number of sulfonamides is 1. The zero-order valence-electron chi connectivity index (χ0n) is 14.6. The van der Waals surface area contributed by atoms with E-state index in [1.165, 1.54) is 19.1 Å². The fourth-order valence-corrected chi connectivity index (χ4v) is 3.87. The Morgan fingerprint density at radius 3 is 2.08 bits per heavy atom. The molecule has 0 saturated carbocycles. The third-order valence-electron chi connectivity index (χ3n) is 3.66. The van der Waals surface area contributed by atoms with Crippen molar-refractivity contribution in [2.75, 3.05) is 15.9 Å². The molecule has 5 nitrogen and oxygen atoms in total. The van der Waals surface area contributed by atoms with Crippen LogP contribution in [0.5, 0.6) is 0 Å². The number of carbonyl (C=O) groups excluding carboxylic acids is 1. The predicted octanol–water partition coefficient (Wildman–Crippen LogP) is 3.24. The molecular weight excluding hydrogens is 343 g/mol. The van der Waals surface area contributed by atoms with Gasteiger partial charge in [-0.1, -0.05) is 6.07 Å². The van der Waals surface area contributed by atoms with Crippen molar-refractivity contribution in [3.05, 3.63) is 59.4 Å². The van der Waals surface area contributed by atoms with E-state index in [9.17, 15) is 17.6 Å². The maximum atomic E-state index is 13.1. The summed E-state index contributed by atoms with van der Waals surface area (Å²) in [7, 11) is -3.73. The molecule has 0 bridgehead atoms. The van der Waals surface area contributed by atoms with Crippen LogP contribution >= 0.6 is 0 Å². The predicted molar refractivity (Wildman–Crippen MR) is 97.7 cm³/mol. The fourth-order valence-electron chi connectivity index (χ4n) is 2.69. The number of aryl methyl sites for hydroxylation is 2. The molecule has 0 fully saturated rings. The van der Waals surface area contributed by atoms with Crippen LogP contribution in [-0.2, 0) is 14.8 Å². The third kappa shape index (κ3) is 4.79. The second kappa shape index (κ2) is 7.23. The Morgan fingerprint density at radius 2 is 1.60 bits per heavy atom. The largest absolute Gasteiger partial charge is 0.324 e. The third-order valence-corrected chi connectivity index (χ3v) is 4.90. The van der Waals surface area contributed by atoms with Gasteiger partial charge >= 0.3 is 0 Å². The molecule has 1 atom stereocenters. The van der Waals surface area contributed by atoms with Crippen LogP contribution in [0, 0.1) is 19.7 Å². The summed E-state index contributed by atoms with van der Waals surface area (Å²) < 4.78 is 38.4. The summed E-state index contributed by atoms with van der Waals surface area (Å²) in [6.07, 6.45) is 1.01. The number of hydrogen-bond acceptors (Lipinski definition) is 3. The van der Waals surface area contributed by atoms with Crippen molar-refractivity contribution >= 4 is 27.3 Å². The SMILES string of the molecule is Cc1cc(C)cc(NC(=O)[C@@H](C)N(c2ccc(F)cc2)S(C)(=O)=O)c1. The van der Waals surface area contributed by atoms with Gasteiger partial charge in [-0.25, -0.2) is 12.8 Å². The van der Waals surface area contributed by atoms with Crippen LogP contribution < -0.4 is 9.62 Å². The van der Waals surface area contributed by atoms with Gasteiger partial charge in [0.2, 0.25) is 15.9 Å². The maximum Gasteiger partial charge on any atom is 0.247 e. The average molecular weight is 364 g/mol. The highest BCUT2D eigenvalue weighted by molar-refractivity contribution is 7.92. The van der Waals surface area contributed by atoms with Gasteiger partial charge in [0.05, 0.1) is 11.9 Å². The van der Waals surface area contributed by atoms with Gasteiger partial charge in [-0.05, 0) is 68.3 Å². The van der Waals surface area contributed by atoms with Crippen molar-refractivity contribution in [2.45, 2.75) is 26.8 Å². The normalized spacial score (nSPS) is 12.5. The van der Waals surface area contributed by atoms with Gasteiger partial charge in [0.15, 0.2) is 0 Å². The molecule has 1 amide bonds. The van der Waals surface area contributed by atoms with Crippen LogP contribution in [-0.4, -0.2) is 26.6 Å². The van der Waals surface area contributed by atoms with Crippen molar-refractivity contribution in [1.82, 2.24) is 0 Å². The molecule has 134 valence electrons. The van der Waals surface area contributed by atoms with Crippen LogP contribution in [0.4, 0.5) is 15.8 Å². The number of rotatable bonds is 5. The van der Waals surface area contributed by atoms with Crippen molar-refractivity contribution < 1.29 is 17.6 Å². The molecule has 0 aliphatic heterocycles. The summed E-state index contributed by atoms with van der Waals surface area (Å²) in [6.45, 7) is 5.31. The highest BCUT2D eigenvalue weighted by atomic mass is 32.2. The van der Waals surface area contributed by atoms with Crippen molar-refractivity contribution in [3.63, 3.8) is 0 Å². The van der Waals surface area contributed by atoms with E-state index in [0.29, 0.717) is 5.69 Å². The highest BCUT2D eigenvalue weighted by Gasteiger charge is 2.29. The molecule has 0 radical (unpaired) electrons. The summed E-state index contributed by atoms with van der Waals surface area (Å²) in [5.41, 5.74) is 2.80. The van der Waals surface area contributed by atoms with Crippen molar-refractivity contribution in [1.29, 1.82) is 0 Å². The van der Waals surface area contributed by atoms with Gasteiger partial charge in [-0.2, -0.15) is 0 Å². The minimum atomic E-state index is -3.73. The van der Waals surface area contributed by atoms with Crippen molar-refractivity contribution in [2.24, 2.45) is 0 Å². The first-order valence-electron chi connectivity index (χ1n) is 7.72. The maximum absolute atomic E-state index is 13.1. The number of anilines is 2. The topological polar surface area (TPSA) is 66.5 Å². The van der Waals surface area contributed by atoms with Crippen LogP contribution in [0.2, 0.25) is 0 Å². The number of benzene rings is 2. The van der Waals surface area contributed by atoms with Crippen molar-refractivity contribution in [3.8, 4) is 0 Å². The number of hydrogen-bond donors (Lipinski definition) is 1. The number of halogens is 1. The Bertz CT molecular complexity index is 859. The zero-order valence-corrected chi connectivity index (χ0v) is 15.4. The highest BCUT2D eigenvalue weighted by Crippen LogP contribution is 2.22. The quantitative estimate of drug-likeness (QED) is 0.886. The lowest BCUT2D eigenvalue weighted by atomic mass is 10.1. The Labute approximate surface area is 147 Å². The molecule has 0 heterocycles. The Morgan fingerprint density at radius 1 is 1.08 bits per heavy atom.